The highest BCUT2D eigenvalue weighted by Gasteiger charge is 2.36. The molecule has 0 aliphatic carbocycles. The number of hydrogen-bond donors (Lipinski definition) is 1. The second-order valence-corrected chi connectivity index (χ2v) is 5.84. The van der Waals surface area contributed by atoms with Crippen molar-refractivity contribution in [3.05, 3.63) is 17.6 Å². The summed E-state index contributed by atoms with van der Waals surface area (Å²) in [6.07, 6.45) is 1.37. The predicted octanol–water partition coefficient (Wildman–Crippen LogP) is 3.42. The van der Waals surface area contributed by atoms with Crippen LogP contribution in [0.25, 0.3) is 10.9 Å². The van der Waals surface area contributed by atoms with Crippen LogP contribution in [0.15, 0.2) is 6.07 Å². The maximum Gasteiger partial charge on any atom is 0.227 e. The van der Waals surface area contributed by atoms with Crippen LogP contribution in [-0.2, 0) is 0 Å². The normalized spacial score (nSPS) is 21.0. The summed E-state index contributed by atoms with van der Waals surface area (Å²) in [4.78, 5) is 15.8. The molecule has 0 amide bonds. The molecule has 0 spiro atoms. The van der Waals surface area contributed by atoms with Gasteiger partial charge in [0.05, 0.1) is 17.7 Å². The van der Waals surface area contributed by atoms with Crippen LogP contribution in [0.4, 0.5) is 5.82 Å². The molecule has 4 rings (SSSR count). The maximum atomic E-state index is 10.3. The van der Waals surface area contributed by atoms with Crippen molar-refractivity contribution >= 4 is 16.7 Å². The topological polar surface area (TPSA) is 71.4 Å². The van der Waals surface area contributed by atoms with Gasteiger partial charge in [0.1, 0.15) is 23.6 Å². The van der Waals surface area contributed by atoms with Crippen LogP contribution in [0.2, 0.25) is 0 Å². The lowest BCUT2D eigenvalue weighted by molar-refractivity contribution is 0.0878. The summed E-state index contributed by atoms with van der Waals surface area (Å²) in [6.45, 7) is 13.1. The molecular formula is C19H30N4O2. The molecule has 4 heterocycles. The number of aliphatic hydroxyl groups is 1. The monoisotopic (exact) mass is 346 g/mol. The minimum atomic E-state index is -0.389. The number of nitrogens with zero attached hydrogens (tertiary/aromatic N) is 4. The van der Waals surface area contributed by atoms with Crippen molar-refractivity contribution < 1.29 is 9.84 Å². The maximum absolute atomic E-state index is 10.3. The van der Waals surface area contributed by atoms with Crippen LogP contribution < -0.4 is 9.64 Å². The van der Waals surface area contributed by atoms with Crippen molar-refractivity contribution in [3.8, 4) is 5.88 Å². The number of anilines is 1. The molecule has 1 N–H and O–H groups in total. The zero-order valence-electron chi connectivity index (χ0n) is 16.2. The molecule has 0 saturated carbocycles. The van der Waals surface area contributed by atoms with E-state index in [9.17, 15) is 5.11 Å². The zero-order valence-corrected chi connectivity index (χ0v) is 16.2. The summed E-state index contributed by atoms with van der Waals surface area (Å²) in [6, 6.07) is 1.90. The number of piperidine rings is 1. The lowest BCUT2D eigenvalue weighted by Gasteiger charge is -2.38. The van der Waals surface area contributed by atoms with E-state index >= 15 is 0 Å². The van der Waals surface area contributed by atoms with Gasteiger partial charge in [0.25, 0.3) is 0 Å². The van der Waals surface area contributed by atoms with Gasteiger partial charge >= 0.3 is 0 Å². The van der Waals surface area contributed by atoms with E-state index in [2.05, 4.69) is 19.9 Å². The minimum Gasteiger partial charge on any atom is -0.475 e. The molecule has 6 heteroatoms. The second-order valence-electron chi connectivity index (χ2n) is 5.84. The van der Waals surface area contributed by atoms with Crippen molar-refractivity contribution in [1.82, 2.24) is 15.0 Å². The Hall–Kier alpha value is -1.95. The SMILES string of the molecule is CC.CC.Cc1cc2nc(C)nc3c2c(n1)OCC1C(O)CCCN31. The quantitative estimate of drug-likeness (QED) is 0.788. The Labute approximate surface area is 150 Å². The van der Waals surface area contributed by atoms with Crippen LogP contribution in [0, 0.1) is 13.8 Å². The lowest BCUT2D eigenvalue weighted by atomic mass is 9.99. The Bertz CT molecular complexity index is 715. The first-order chi connectivity index (χ1) is 12.1. The number of aliphatic hydroxyl groups excluding tert-OH is 1. The van der Waals surface area contributed by atoms with E-state index in [0.717, 1.165) is 47.6 Å². The Balaban J connectivity index is 0.000000528. The fourth-order valence-electron chi connectivity index (χ4n) is 3.31. The average Bonchev–Trinajstić information content (AvgIpc) is 2.77. The van der Waals surface area contributed by atoms with Gasteiger partial charge in [-0.1, -0.05) is 27.7 Å². The van der Waals surface area contributed by atoms with Crippen molar-refractivity contribution in [3.63, 3.8) is 0 Å². The highest BCUT2D eigenvalue weighted by atomic mass is 16.5. The van der Waals surface area contributed by atoms with Gasteiger partial charge < -0.3 is 14.7 Å². The van der Waals surface area contributed by atoms with Crippen molar-refractivity contribution in [2.45, 2.75) is 66.5 Å². The van der Waals surface area contributed by atoms with E-state index in [1.807, 2.05) is 47.6 Å². The largest absolute Gasteiger partial charge is 0.475 e. The Kier molecular flexibility index (Phi) is 6.53. The minimum absolute atomic E-state index is 0.0641. The summed E-state index contributed by atoms with van der Waals surface area (Å²) in [5, 5.41) is 11.2. The van der Waals surface area contributed by atoms with Gasteiger partial charge in [-0.3, -0.25) is 0 Å². The molecule has 1 fully saturated rings. The van der Waals surface area contributed by atoms with E-state index in [1.54, 1.807) is 0 Å². The highest BCUT2D eigenvalue weighted by Crippen LogP contribution is 2.37. The summed E-state index contributed by atoms with van der Waals surface area (Å²) in [5.41, 5.74) is 1.74. The van der Waals surface area contributed by atoms with Crippen molar-refractivity contribution in [1.29, 1.82) is 0 Å². The summed E-state index contributed by atoms with van der Waals surface area (Å²) < 4.78 is 5.89. The molecule has 0 bridgehead atoms. The van der Waals surface area contributed by atoms with Gasteiger partial charge in [0.2, 0.25) is 5.88 Å². The Morgan fingerprint density at radius 2 is 1.84 bits per heavy atom. The number of fused-ring (bicyclic) bond motifs is 2. The van der Waals surface area contributed by atoms with E-state index in [-0.39, 0.29) is 12.1 Å². The predicted molar refractivity (Wildman–Crippen MR) is 101 cm³/mol. The standard InChI is InChI=1S/C15H18N4O2.2C2H6/c1-8-6-10-13-14(18-9(2)17-10)19-5-3-4-12(20)11(19)7-21-15(13)16-8;2*1-2/h6,11-12,20H,3-5,7H2,1-2H3;2*1-2H3. The number of rotatable bonds is 0. The summed E-state index contributed by atoms with van der Waals surface area (Å²) in [7, 11) is 0. The first-order valence-corrected chi connectivity index (χ1v) is 9.37. The zero-order chi connectivity index (χ0) is 18.6. The molecule has 1 saturated heterocycles. The van der Waals surface area contributed by atoms with E-state index in [4.69, 9.17) is 4.74 Å². The molecule has 2 aliphatic rings. The molecule has 2 aromatic heterocycles. The highest BCUT2D eigenvalue weighted by molar-refractivity contribution is 5.94. The molecule has 2 atom stereocenters. The third-order valence-corrected chi connectivity index (χ3v) is 4.27. The van der Waals surface area contributed by atoms with Crippen LogP contribution >= 0.6 is 0 Å². The number of aromatic nitrogens is 3. The van der Waals surface area contributed by atoms with Gasteiger partial charge in [-0.25, -0.2) is 15.0 Å². The fourth-order valence-corrected chi connectivity index (χ4v) is 3.31. The molecule has 2 aliphatic heterocycles. The Morgan fingerprint density at radius 1 is 1.12 bits per heavy atom. The molecule has 25 heavy (non-hydrogen) atoms. The van der Waals surface area contributed by atoms with Crippen molar-refractivity contribution in [2.24, 2.45) is 0 Å². The molecule has 138 valence electrons. The van der Waals surface area contributed by atoms with E-state index in [0.29, 0.717) is 12.5 Å². The molecule has 0 radical (unpaired) electrons. The first-order valence-electron chi connectivity index (χ1n) is 9.37. The third-order valence-electron chi connectivity index (χ3n) is 4.27. The molecule has 6 nitrogen and oxygen atoms in total. The Morgan fingerprint density at radius 3 is 2.56 bits per heavy atom. The number of ether oxygens (including phenoxy) is 1. The third kappa shape index (κ3) is 3.68. The lowest BCUT2D eigenvalue weighted by Crippen LogP contribution is -2.51. The molecule has 2 unspecified atom stereocenters. The van der Waals surface area contributed by atoms with Gasteiger partial charge in [-0.2, -0.15) is 0 Å². The first kappa shape index (κ1) is 19.4. The number of aryl methyl sites for hydroxylation is 2. The van der Waals surface area contributed by atoms with Crippen LogP contribution in [0.3, 0.4) is 0 Å². The fraction of sp³-hybridized carbons (Fsp3) is 0.632. The molecule has 0 aromatic carbocycles. The molecule has 2 aromatic rings. The van der Waals surface area contributed by atoms with Crippen LogP contribution in [0.1, 0.15) is 52.1 Å². The number of hydrogen-bond acceptors (Lipinski definition) is 6. The van der Waals surface area contributed by atoms with Crippen LogP contribution in [0.5, 0.6) is 5.88 Å². The van der Waals surface area contributed by atoms with Gasteiger partial charge in [0, 0.05) is 12.2 Å². The summed E-state index contributed by atoms with van der Waals surface area (Å²) in [5.74, 6) is 2.16. The van der Waals surface area contributed by atoms with Crippen LogP contribution in [-0.4, -0.2) is 45.4 Å². The number of pyridine rings is 1. The van der Waals surface area contributed by atoms with Gasteiger partial charge in [0.15, 0.2) is 0 Å². The smallest absolute Gasteiger partial charge is 0.227 e. The second kappa shape index (κ2) is 8.43. The van der Waals surface area contributed by atoms with E-state index in [1.165, 1.54) is 0 Å². The van der Waals surface area contributed by atoms with Crippen molar-refractivity contribution in [2.75, 3.05) is 18.1 Å². The molecular weight excluding hydrogens is 316 g/mol. The summed E-state index contributed by atoms with van der Waals surface area (Å²) >= 11 is 0. The van der Waals surface area contributed by atoms with Gasteiger partial charge in [-0.15, -0.1) is 0 Å². The average molecular weight is 346 g/mol. The van der Waals surface area contributed by atoms with E-state index < -0.39 is 0 Å². The van der Waals surface area contributed by atoms with Gasteiger partial charge in [-0.05, 0) is 32.8 Å².